The Morgan fingerprint density at radius 1 is 1.33 bits per heavy atom. The molecule has 1 amide bonds. The Labute approximate surface area is 141 Å². The van der Waals surface area contributed by atoms with Gasteiger partial charge in [0, 0.05) is 19.2 Å². The molecule has 0 saturated carbocycles. The lowest BCUT2D eigenvalue weighted by Gasteiger charge is -2.17. The Bertz CT molecular complexity index is 699. The number of nitrogens with zero attached hydrogens (tertiary/aromatic N) is 3. The van der Waals surface area contributed by atoms with Crippen molar-refractivity contribution in [1.29, 1.82) is 0 Å². The summed E-state index contributed by atoms with van der Waals surface area (Å²) in [6.45, 7) is 2.74. The van der Waals surface area contributed by atoms with E-state index < -0.39 is 6.10 Å². The zero-order valence-electron chi connectivity index (χ0n) is 14.1. The monoisotopic (exact) mass is 329 g/mol. The van der Waals surface area contributed by atoms with Crippen LogP contribution in [0.4, 0.5) is 0 Å². The molecule has 6 heteroatoms. The third-order valence-electron chi connectivity index (χ3n) is 4.57. The van der Waals surface area contributed by atoms with Crippen LogP contribution in [0.2, 0.25) is 0 Å². The fourth-order valence-electron chi connectivity index (χ4n) is 2.94. The van der Waals surface area contributed by atoms with Crippen LogP contribution in [0.5, 0.6) is 5.75 Å². The van der Waals surface area contributed by atoms with Crippen molar-refractivity contribution in [2.45, 2.75) is 32.0 Å². The van der Waals surface area contributed by atoms with E-state index in [1.165, 1.54) is 0 Å². The molecule has 1 aliphatic heterocycles. The van der Waals surface area contributed by atoms with E-state index in [0.717, 1.165) is 11.3 Å². The Hall–Kier alpha value is -2.34. The first kappa shape index (κ1) is 16.5. The lowest BCUT2D eigenvalue weighted by Crippen LogP contribution is -2.31. The number of aromatic nitrogens is 2. The van der Waals surface area contributed by atoms with Crippen molar-refractivity contribution in [2.75, 3.05) is 13.1 Å². The van der Waals surface area contributed by atoms with E-state index in [1.54, 1.807) is 4.90 Å². The molecule has 0 aliphatic carbocycles. The summed E-state index contributed by atoms with van der Waals surface area (Å²) >= 11 is 0. The highest BCUT2D eigenvalue weighted by Gasteiger charge is 2.35. The molecule has 0 unspecified atom stereocenters. The molecular weight excluding hydrogens is 306 g/mol. The topological polar surface area (TPSA) is 67.6 Å². The Balaban J connectivity index is 1.54. The van der Waals surface area contributed by atoms with Crippen molar-refractivity contribution in [3.63, 3.8) is 0 Å². The molecule has 1 aromatic carbocycles. The number of para-hydroxylation sites is 1. The van der Waals surface area contributed by atoms with Crippen molar-refractivity contribution in [3.8, 4) is 5.75 Å². The Morgan fingerprint density at radius 2 is 2.08 bits per heavy atom. The van der Waals surface area contributed by atoms with Crippen molar-refractivity contribution in [2.24, 2.45) is 7.05 Å². The average Bonchev–Trinajstić information content (AvgIpc) is 3.10. The summed E-state index contributed by atoms with van der Waals surface area (Å²) in [5, 5.41) is 14.4. The van der Waals surface area contributed by atoms with E-state index in [0.29, 0.717) is 31.7 Å². The summed E-state index contributed by atoms with van der Waals surface area (Å²) in [7, 11) is 1.89. The summed E-state index contributed by atoms with van der Waals surface area (Å²) in [5.74, 6) is 0.748. The third kappa shape index (κ3) is 3.59. The standard InChI is InChI=1S/C18H23N3O3/c1-13-14(10-19-20(13)2)8-9-18(23)21-11-16(22)17(12-21)24-15-6-4-3-5-7-15/h3-7,10,16-17,22H,8-9,11-12H2,1-2H3/t16-,17-/m1/s1. The molecule has 2 aromatic rings. The van der Waals surface area contributed by atoms with Gasteiger partial charge in [0.05, 0.1) is 19.3 Å². The fourth-order valence-corrected chi connectivity index (χ4v) is 2.94. The molecule has 1 saturated heterocycles. The number of amides is 1. The minimum absolute atomic E-state index is 0.0384. The van der Waals surface area contributed by atoms with Gasteiger partial charge in [0.1, 0.15) is 18.0 Å². The zero-order chi connectivity index (χ0) is 17.1. The lowest BCUT2D eigenvalue weighted by atomic mass is 10.1. The molecule has 6 nitrogen and oxygen atoms in total. The molecular formula is C18H23N3O3. The largest absolute Gasteiger partial charge is 0.486 e. The summed E-state index contributed by atoms with van der Waals surface area (Å²) in [6.07, 6.45) is 1.85. The van der Waals surface area contributed by atoms with Crippen LogP contribution in [0, 0.1) is 6.92 Å². The maximum absolute atomic E-state index is 12.4. The molecule has 0 bridgehead atoms. The van der Waals surface area contributed by atoms with Crippen molar-refractivity contribution in [3.05, 3.63) is 47.8 Å². The molecule has 2 atom stereocenters. The van der Waals surface area contributed by atoms with Gasteiger partial charge in [-0.15, -0.1) is 0 Å². The molecule has 128 valence electrons. The van der Waals surface area contributed by atoms with Gasteiger partial charge < -0.3 is 14.7 Å². The molecule has 1 aliphatic rings. The number of ether oxygens (including phenoxy) is 1. The van der Waals surface area contributed by atoms with Gasteiger partial charge in [0.2, 0.25) is 5.91 Å². The van der Waals surface area contributed by atoms with Crippen molar-refractivity contribution >= 4 is 5.91 Å². The number of carbonyl (C=O) groups excluding carboxylic acids is 1. The van der Waals surface area contributed by atoms with Crippen molar-refractivity contribution < 1.29 is 14.6 Å². The smallest absolute Gasteiger partial charge is 0.223 e. The number of likely N-dealkylation sites (tertiary alicyclic amines) is 1. The van der Waals surface area contributed by atoms with Crippen LogP contribution in [-0.2, 0) is 18.3 Å². The van der Waals surface area contributed by atoms with Crippen LogP contribution >= 0.6 is 0 Å². The van der Waals surface area contributed by atoms with Gasteiger partial charge in [0.25, 0.3) is 0 Å². The molecule has 0 radical (unpaired) electrons. The van der Waals surface area contributed by atoms with Crippen molar-refractivity contribution in [1.82, 2.24) is 14.7 Å². The number of carbonyl (C=O) groups is 1. The van der Waals surface area contributed by atoms with Crippen LogP contribution in [0.25, 0.3) is 0 Å². The predicted molar refractivity (Wildman–Crippen MR) is 89.7 cm³/mol. The van der Waals surface area contributed by atoms with Crippen LogP contribution in [0.3, 0.4) is 0 Å². The summed E-state index contributed by atoms with van der Waals surface area (Å²) in [6, 6.07) is 9.38. The van der Waals surface area contributed by atoms with Gasteiger partial charge in [-0.2, -0.15) is 5.10 Å². The van der Waals surface area contributed by atoms with E-state index in [4.69, 9.17) is 4.74 Å². The second kappa shape index (κ2) is 7.05. The summed E-state index contributed by atoms with van der Waals surface area (Å²) < 4.78 is 7.60. The minimum atomic E-state index is -0.658. The second-order valence-corrected chi connectivity index (χ2v) is 6.21. The Kier molecular flexibility index (Phi) is 4.85. The van der Waals surface area contributed by atoms with Gasteiger partial charge in [-0.05, 0) is 31.0 Å². The number of aliphatic hydroxyl groups excluding tert-OH is 1. The maximum atomic E-state index is 12.4. The van der Waals surface area contributed by atoms with E-state index >= 15 is 0 Å². The number of aliphatic hydroxyl groups is 1. The van der Waals surface area contributed by atoms with Gasteiger partial charge in [-0.25, -0.2) is 0 Å². The SMILES string of the molecule is Cc1c(CCC(=O)N2C[C@@H](O)[C@H](Oc3ccccc3)C2)cnn1C. The summed E-state index contributed by atoms with van der Waals surface area (Å²) in [5.41, 5.74) is 2.16. The lowest BCUT2D eigenvalue weighted by molar-refractivity contribution is -0.130. The molecule has 24 heavy (non-hydrogen) atoms. The van der Waals surface area contributed by atoms with Crippen LogP contribution in [0.1, 0.15) is 17.7 Å². The van der Waals surface area contributed by atoms with Gasteiger partial charge >= 0.3 is 0 Å². The predicted octanol–water partition coefficient (Wildman–Crippen LogP) is 1.31. The first-order valence-corrected chi connectivity index (χ1v) is 8.19. The van der Waals surface area contributed by atoms with E-state index in [9.17, 15) is 9.90 Å². The molecule has 2 heterocycles. The highest BCUT2D eigenvalue weighted by molar-refractivity contribution is 5.77. The highest BCUT2D eigenvalue weighted by atomic mass is 16.5. The Morgan fingerprint density at radius 3 is 2.75 bits per heavy atom. The first-order valence-electron chi connectivity index (χ1n) is 8.19. The number of hydrogen-bond donors (Lipinski definition) is 1. The van der Waals surface area contributed by atoms with E-state index in [2.05, 4.69) is 5.10 Å². The maximum Gasteiger partial charge on any atom is 0.223 e. The van der Waals surface area contributed by atoms with Gasteiger partial charge in [0.15, 0.2) is 0 Å². The molecule has 1 fully saturated rings. The van der Waals surface area contributed by atoms with Crippen LogP contribution in [-0.4, -0.2) is 51.0 Å². The normalized spacial score (nSPS) is 20.4. The molecule has 3 rings (SSSR count). The number of β-amino-alcohol motifs (C(OH)–C–C–N with tert-alkyl or cyclic N) is 1. The third-order valence-corrected chi connectivity index (χ3v) is 4.57. The quantitative estimate of drug-likeness (QED) is 0.898. The highest BCUT2D eigenvalue weighted by Crippen LogP contribution is 2.20. The number of aryl methyl sites for hydroxylation is 2. The molecule has 0 spiro atoms. The second-order valence-electron chi connectivity index (χ2n) is 6.21. The van der Waals surface area contributed by atoms with E-state index in [-0.39, 0.29) is 12.0 Å². The van der Waals surface area contributed by atoms with Gasteiger partial charge in [-0.3, -0.25) is 9.48 Å². The first-order chi connectivity index (χ1) is 11.5. The van der Waals surface area contributed by atoms with Crippen LogP contribution in [0.15, 0.2) is 36.5 Å². The number of hydrogen-bond acceptors (Lipinski definition) is 4. The van der Waals surface area contributed by atoms with E-state index in [1.807, 2.05) is 55.2 Å². The number of benzene rings is 1. The zero-order valence-corrected chi connectivity index (χ0v) is 14.1. The van der Waals surface area contributed by atoms with Gasteiger partial charge in [-0.1, -0.05) is 18.2 Å². The fraction of sp³-hybridized carbons (Fsp3) is 0.444. The molecule has 1 N–H and O–H groups in total. The average molecular weight is 329 g/mol. The summed E-state index contributed by atoms with van der Waals surface area (Å²) in [4.78, 5) is 14.1. The number of rotatable bonds is 5. The molecule has 1 aromatic heterocycles. The minimum Gasteiger partial charge on any atom is -0.486 e. The van der Waals surface area contributed by atoms with Crippen LogP contribution < -0.4 is 4.74 Å².